The van der Waals surface area contributed by atoms with Crippen molar-refractivity contribution in [2.24, 2.45) is 5.10 Å². The van der Waals surface area contributed by atoms with Crippen molar-refractivity contribution < 1.29 is 18.7 Å². The predicted molar refractivity (Wildman–Crippen MR) is 78.8 cm³/mol. The third-order valence-corrected chi connectivity index (χ3v) is 3.09. The van der Waals surface area contributed by atoms with Gasteiger partial charge in [0.05, 0.1) is 6.26 Å². The number of furan rings is 1. The van der Waals surface area contributed by atoms with Gasteiger partial charge in [-0.2, -0.15) is 5.10 Å². The highest BCUT2D eigenvalue weighted by atomic mass is 16.6. The lowest BCUT2D eigenvalue weighted by atomic mass is 10.1. The van der Waals surface area contributed by atoms with Crippen LogP contribution in [-0.2, 0) is 4.74 Å². The van der Waals surface area contributed by atoms with Crippen LogP contribution in [0.5, 0.6) is 0 Å². The summed E-state index contributed by atoms with van der Waals surface area (Å²) in [5.74, 6) is -0.0734. The summed E-state index contributed by atoms with van der Waals surface area (Å²) >= 11 is 0. The maximum absolute atomic E-state index is 11.8. The Labute approximate surface area is 126 Å². The molecule has 3 rings (SSSR count). The van der Waals surface area contributed by atoms with E-state index in [0.717, 1.165) is 10.6 Å². The fourth-order valence-corrected chi connectivity index (χ4v) is 1.96. The van der Waals surface area contributed by atoms with Crippen molar-refractivity contribution in [3.8, 4) is 0 Å². The molecule has 2 heterocycles. The molecule has 22 heavy (non-hydrogen) atoms. The second-order valence-electron chi connectivity index (χ2n) is 4.63. The van der Waals surface area contributed by atoms with Crippen LogP contribution in [0.1, 0.15) is 16.1 Å². The minimum Gasteiger partial charge on any atom is -0.459 e. The molecular formula is C15H13N3O4. The Morgan fingerprint density at radius 3 is 2.68 bits per heavy atom. The van der Waals surface area contributed by atoms with E-state index in [1.165, 1.54) is 13.3 Å². The number of hydrazone groups is 1. The van der Waals surface area contributed by atoms with E-state index in [1.807, 2.05) is 0 Å². The molecule has 0 saturated carbocycles. The molecule has 0 bridgehead atoms. The lowest BCUT2D eigenvalue weighted by Crippen LogP contribution is -2.32. The minimum atomic E-state index is -0.480. The van der Waals surface area contributed by atoms with Crippen LogP contribution in [0.4, 0.5) is 10.5 Å². The zero-order valence-electron chi connectivity index (χ0n) is 11.8. The zero-order chi connectivity index (χ0) is 15.5. The van der Waals surface area contributed by atoms with Gasteiger partial charge in [0.15, 0.2) is 5.76 Å². The summed E-state index contributed by atoms with van der Waals surface area (Å²) in [6, 6.07) is 10.3. The van der Waals surface area contributed by atoms with E-state index in [1.54, 1.807) is 36.4 Å². The average molecular weight is 299 g/mol. The third-order valence-electron chi connectivity index (χ3n) is 3.09. The second kappa shape index (κ2) is 5.72. The maximum Gasteiger partial charge on any atom is 0.430 e. The van der Waals surface area contributed by atoms with Gasteiger partial charge in [0.2, 0.25) is 0 Å². The van der Waals surface area contributed by atoms with Crippen molar-refractivity contribution >= 4 is 23.4 Å². The normalized spacial score (nSPS) is 14.3. The Kier molecular flexibility index (Phi) is 3.61. The van der Waals surface area contributed by atoms with E-state index in [2.05, 4.69) is 10.4 Å². The molecule has 1 aromatic heterocycles. The molecule has 0 radical (unpaired) electrons. The molecule has 1 aromatic carbocycles. The van der Waals surface area contributed by atoms with E-state index in [9.17, 15) is 9.59 Å². The van der Waals surface area contributed by atoms with Gasteiger partial charge >= 0.3 is 6.09 Å². The summed E-state index contributed by atoms with van der Waals surface area (Å²) in [5.41, 5.74) is 2.09. The number of benzene rings is 1. The number of carbonyl (C=O) groups excluding carboxylic acids is 2. The summed E-state index contributed by atoms with van der Waals surface area (Å²) in [5, 5.41) is 8.00. The largest absolute Gasteiger partial charge is 0.459 e. The molecular weight excluding hydrogens is 286 g/mol. The highest BCUT2D eigenvalue weighted by Crippen LogP contribution is 2.14. The average Bonchev–Trinajstić information content (AvgIpc) is 3.05. The fourth-order valence-electron chi connectivity index (χ4n) is 1.96. The molecule has 0 saturated heterocycles. The molecule has 1 N–H and O–H groups in total. The molecule has 0 aliphatic carbocycles. The molecule has 7 heteroatoms. The molecule has 0 unspecified atom stereocenters. The van der Waals surface area contributed by atoms with Crippen molar-refractivity contribution in [3.05, 3.63) is 54.0 Å². The van der Waals surface area contributed by atoms with Crippen molar-refractivity contribution in [2.45, 2.75) is 0 Å². The van der Waals surface area contributed by atoms with E-state index in [-0.39, 0.29) is 18.3 Å². The van der Waals surface area contributed by atoms with E-state index >= 15 is 0 Å². The maximum atomic E-state index is 11.8. The molecule has 0 spiro atoms. The molecule has 1 aliphatic rings. The van der Waals surface area contributed by atoms with Crippen LogP contribution in [0.15, 0.2) is 52.2 Å². The predicted octanol–water partition coefficient (Wildman–Crippen LogP) is 2.32. The van der Waals surface area contributed by atoms with Crippen molar-refractivity contribution in [3.63, 3.8) is 0 Å². The Hall–Kier alpha value is -3.09. The molecule has 0 fully saturated rings. The Morgan fingerprint density at radius 2 is 2.05 bits per heavy atom. The van der Waals surface area contributed by atoms with E-state index in [0.29, 0.717) is 11.4 Å². The first-order valence-electron chi connectivity index (χ1n) is 6.57. The van der Waals surface area contributed by atoms with E-state index < -0.39 is 6.09 Å². The fraction of sp³-hybridized carbons (Fsp3) is 0.133. The van der Waals surface area contributed by atoms with Crippen molar-refractivity contribution in [2.75, 3.05) is 19.0 Å². The lowest BCUT2D eigenvalue weighted by molar-refractivity contribution is 0.0996. The molecule has 2 aromatic rings. The van der Waals surface area contributed by atoms with Gasteiger partial charge in [-0.05, 0) is 24.3 Å². The number of ether oxygens (including phenoxy) is 1. The van der Waals surface area contributed by atoms with Crippen LogP contribution in [0.2, 0.25) is 0 Å². The lowest BCUT2D eigenvalue weighted by Gasteiger charge is -2.19. The van der Waals surface area contributed by atoms with Crippen LogP contribution in [-0.4, -0.2) is 36.4 Å². The first-order chi connectivity index (χ1) is 10.6. The summed E-state index contributed by atoms with van der Waals surface area (Å²) < 4.78 is 10.00. The van der Waals surface area contributed by atoms with Crippen LogP contribution in [0, 0.1) is 0 Å². The van der Waals surface area contributed by atoms with Gasteiger partial charge in [-0.1, -0.05) is 12.1 Å². The molecule has 7 nitrogen and oxygen atoms in total. The smallest absolute Gasteiger partial charge is 0.430 e. The Bertz CT molecular complexity index is 720. The SMILES string of the molecule is CN1N=C(c2ccc(NC(=O)c3ccco3)cc2)COC1=O. The van der Waals surface area contributed by atoms with Crippen LogP contribution in [0.25, 0.3) is 0 Å². The first kappa shape index (κ1) is 13.9. The number of nitrogens with zero attached hydrogens (tertiary/aromatic N) is 2. The van der Waals surface area contributed by atoms with Gasteiger partial charge in [-0.25, -0.2) is 9.80 Å². The van der Waals surface area contributed by atoms with Crippen LogP contribution >= 0.6 is 0 Å². The quantitative estimate of drug-likeness (QED) is 0.942. The number of carbonyl (C=O) groups is 2. The highest BCUT2D eigenvalue weighted by Gasteiger charge is 2.19. The molecule has 1 aliphatic heterocycles. The van der Waals surface area contributed by atoms with Gasteiger partial charge in [-0.3, -0.25) is 4.79 Å². The highest BCUT2D eigenvalue weighted by molar-refractivity contribution is 6.05. The topological polar surface area (TPSA) is 84.1 Å². The first-order valence-corrected chi connectivity index (χ1v) is 6.57. The Balaban J connectivity index is 1.72. The number of hydrogen-bond donors (Lipinski definition) is 1. The second-order valence-corrected chi connectivity index (χ2v) is 4.63. The van der Waals surface area contributed by atoms with Crippen molar-refractivity contribution in [1.29, 1.82) is 0 Å². The number of rotatable bonds is 3. The summed E-state index contributed by atoms with van der Waals surface area (Å²) in [4.78, 5) is 23.0. The number of nitrogens with one attached hydrogen (secondary N) is 1. The number of anilines is 1. The van der Waals surface area contributed by atoms with Gasteiger partial charge in [0.25, 0.3) is 5.91 Å². The number of cyclic esters (lactones) is 1. The zero-order valence-corrected chi connectivity index (χ0v) is 11.8. The molecule has 0 atom stereocenters. The van der Waals surface area contributed by atoms with Crippen molar-refractivity contribution in [1.82, 2.24) is 5.01 Å². The summed E-state index contributed by atoms with van der Waals surface area (Å²) in [7, 11) is 1.53. The van der Waals surface area contributed by atoms with Crippen LogP contribution < -0.4 is 5.32 Å². The van der Waals surface area contributed by atoms with Gasteiger partial charge in [0.1, 0.15) is 12.3 Å². The summed E-state index contributed by atoms with van der Waals surface area (Å²) in [6.45, 7) is 0.126. The van der Waals surface area contributed by atoms with Gasteiger partial charge in [0, 0.05) is 18.3 Å². The molecule has 2 amide bonds. The van der Waals surface area contributed by atoms with Gasteiger partial charge < -0.3 is 14.5 Å². The minimum absolute atomic E-state index is 0.126. The summed E-state index contributed by atoms with van der Waals surface area (Å²) in [6.07, 6.45) is 0.961. The Morgan fingerprint density at radius 1 is 1.27 bits per heavy atom. The number of amides is 2. The third kappa shape index (κ3) is 2.83. The van der Waals surface area contributed by atoms with Gasteiger partial charge in [-0.15, -0.1) is 0 Å². The monoisotopic (exact) mass is 299 g/mol. The number of hydrogen-bond acceptors (Lipinski definition) is 5. The standard InChI is InChI=1S/C15H13N3O4/c1-18-15(20)22-9-12(17-18)10-4-6-11(7-5-10)16-14(19)13-3-2-8-21-13/h2-8H,9H2,1H3,(H,16,19). The van der Waals surface area contributed by atoms with E-state index in [4.69, 9.17) is 9.15 Å². The van der Waals surface area contributed by atoms with Crippen LogP contribution in [0.3, 0.4) is 0 Å². The molecule has 112 valence electrons.